The SMILES string of the molecule is COC(=O)C(C)NC(=O)c1cc(S(C)(=O)=O)ccc1C. The van der Waals surface area contributed by atoms with Gasteiger partial charge in [0.05, 0.1) is 12.0 Å². The van der Waals surface area contributed by atoms with Crippen molar-refractivity contribution in [2.45, 2.75) is 24.8 Å². The number of hydrogen-bond acceptors (Lipinski definition) is 5. The van der Waals surface area contributed by atoms with Gasteiger partial charge in [-0.25, -0.2) is 13.2 Å². The van der Waals surface area contributed by atoms with Crippen LogP contribution in [0.15, 0.2) is 23.1 Å². The highest BCUT2D eigenvalue weighted by molar-refractivity contribution is 7.90. The summed E-state index contributed by atoms with van der Waals surface area (Å²) in [5, 5.41) is 2.46. The Hall–Kier alpha value is -1.89. The lowest BCUT2D eigenvalue weighted by Gasteiger charge is -2.13. The van der Waals surface area contributed by atoms with Crippen molar-refractivity contribution >= 4 is 21.7 Å². The molecule has 0 spiro atoms. The predicted octanol–water partition coefficient (Wildman–Crippen LogP) is 0.690. The molecule has 0 saturated carbocycles. The van der Waals surface area contributed by atoms with Gasteiger partial charge in [0.1, 0.15) is 6.04 Å². The molecular weight excluding hydrogens is 282 g/mol. The van der Waals surface area contributed by atoms with Crippen molar-refractivity contribution < 1.29 is 22.7 Å². The molecule has 1 rings (SSSR count). The minimum Gasteiger partial charge on any atom is -0.467 e. The van der Waals surface area contributed by atoms with Gasteiger partial charge in [0, 0.05) is 11.8 Å². The molecule has 0 bridgehead atoms. The molecule has 0 aliphatic carbocycles. The van der Waals surface area contributed by atoms with E-state index in [4.69, 9.17) is 0 Å². The van der Waals surface area contributed by atoms with E-state index in [0.717, 1.165) is 6.26 Å². The third-order valence-corrected chi connectivity index (χ3v) is 3.89. The molecule has 0 fully saturated rings. The molecule has 1 atom stereocenters. The molecule has 0 saturated heterocycles. The van der Waals surface area contributed by atoms with Gasteiger partial charge in [-0.2, -0.15) is 0 Å². The average molecular weight is 299 g/mol. The second-order valence-electron chi connectivity index (χ2n) is 4.47. The minimum absolute atomic E-state index is 0.0546. The van der Waals surface area contributed by atoms with Gasteiger partial charge in [-0.15, -0.1) is 0 Å². The van der Waals surface area contributed by atoms with Crippen molar-refractivity contribution in [1.82, 2.24) is 5.32 Å². The molecule has 0 radical (unpaired) electrons. The first-order chi connectivity index (χ1) is 9.16. The fraction of sp³-hybridized carbons (Fsp3) is 0.385. The summed E-state index contributed by atoms with van der Waals surface area (Å²) >= 11 is 0. The van der Waals surface area contributed by atoms with E-state index in [0.29, 0.717) is 5.56 Å². The molecule has 1 amide bonds. The molecule has 0 heterocycles. The lowest BCUT2D eigenvalue weighted by molar-refractivity contribution is -0.142. The molecule has 0 aliphatic rings. The third kappa shape index (κ3) is 3.80. The van der Waals surface area contributed by atoms with E-state index in [1.54, 1.807) is 13.0 Å². The van der Waals surface area contributed by atoms with Crippen LogP contribution in [0.25, 0.3) is 0 Å². The van der Waals surface area contributed by atoms with Crippen molar-refractivity contribution in [3.8, 4) is 0 Å². The van der Waals surface area contributed by atoms with E-state index < -0.39 is 27.8 Å². The van der Waals surface area contributed by atoms with Gasteiger partial charge < -0.3 is 10.1 Å². The van der Waals surface area contributed by atoms with Crippen LogP contribution in [0, 0.1) is 6.92 Å². The first-order valence-electron chi connectivity index (χ1n) is 5.86. The zero-order valence-corrected chi connectivity index (χ0v) is 12.6. The van der Waals surface area contributed by atoms with Crippen LogP contribution in [0.2, 0.25) is 0 Å². The number of methoxy groups -OCH3 is 1. The molecule has 1 unspecified atom stereocenters. The summed E-state index contributed by atoms with van der Waals surface area (Å²) in [4.78, 5) is 23.4. The largest absolute Gasteiger partial charge is 0.467 e. The zero-order valence-electron chi connectivity index (χ0n) is 11.8. The van der Waals surface area contributed by atoms with E-state index >= 15 is 0 Å². The smallest absolute Gasteiger partial charge is 0.328 e. The van der Waals surface area contributed by atoms with E-state index in [1.165, 1.54) is 26.2 Å². The Kier molecular flexibility index (Phi) is 4.88. The maximum atomic E-state index is 12.1. The summed E-state index contributed by atoms with van der Waals surface area (Å²) in [6, 6.07) is 3.47. The molecule has 0 aromatic heterocycles. The van der Waals surface area contributed by atoms with Gasteiger partial charge >= 0.3 is 5.97 Å². The minimum atomic E-state index is -3.40. The summed E-state index contributed by atoms with van der Waals surface area (Å²) in [6.45, 7) is 3.17. The maximum Gasteiger partial charge on any atom is 0.328 e. The van der Waals surface area contributed by atoms with Crippen molar-refractivity contribution in [2.75, 3.05) is 13.4 Å². The number of sulfone groups is 1. The van der Waals surface area contributed by atoms with E-state index in [2.05, 4.69) is 10.1 Å². The van der Waals surface area contributed by atoms with Crippen LogP contribution >= 0.6 is 0 Å². The Morgan fingerprint density at radius 1 is 1.30 bits per heavy atom. The van der Waals surface area contributed by atoms with Crippen molar-refractivity contribution in [3.05, 3.63) is 29.3 Å². The summed E-state index contributed by atoms with van der Waals surface area (Å²) in [5.41, 5.74) is 0.829. The molecule has 6 nitrogen and oxygen atoms in total. The van der Waals surface area contributed by atoms with Crippen LogP contribution < -0.4 is 5.32 Å². The lowest BCUT2D eigenvalue weighted by atomic mass is 10.1. The number of rotatable bonds is 4. The quantitative estimate of drug-likeness (QED) is 0.826. The van der Waals surface area contributed by atoms with Crippen LogP contribution in [-0.2, 0) is 19.4 Å². The number of nitrogens with one attached hydrogen (secondary N) is 1. The summed E-state index contributed by atoms with van der Waals surface area (Å²) < 4.78 is 27.5. The van der Waals surface area contributed by atoms with Crippen LogP contribution in [0.5, 0.6) is 0 Å². The van der Waals surface area contributed by atoms with Gasteiger partial charge in [-0.05, 0) is 31.5 Å². The van der Waals surface area contributed by atoms with Gasteiger partial charge in [-0.3, -0.25) is 4.79 Å². The molecule has 1 aromatic rings. The normalized spacial score (nSPS) is 12.6. The first-order valence-corrected chi connectivity index (χ1v) is 7.75. The Labute approximate surface area is 118 Å². The number of carbonyl (C=O) groups excluding carboxylic acids is 2. The topological polar surface area (TPSA) is 89.5 Å². The molecule has 20 heavy (non-hydrogen) atoms. The summed E-state index contributed by atoms with van der Waals surface area (Å²) in [5.74, 6) is -1.10. The van der Waals surface area contributed by atoms with Gasteiger partial charge in [0.15, 0.2) is 9.84 Å². The number of carbonyl (C=O) groups is 2. The number of amides is 1. The summed E-state index contributed by atoms with van der Waals surface area (Å²) in [6.07, 6.45) is 1.07. The predicted molar refractivity (Wildman–Crippen MR) is 73.2 cm³/mol. The Bertz CT molecular complexity index is 636. The number of aryl methyl sites for hydroxylation is 1. The second kappa shape index (κ2) is 6.04. The highest BCUT2D eigenvalue weighted by Crippen LogP contribution is 2.15. The fourth-order valence-electron chi connectivity index (χ4n) is 1.59. The van der Waals surface area contributed by atoms with Crippen LogP contribution in [0.3, 0.4) is 0 Å². The van der Waals surface area contributed by atoms with E-state index in [-0.39, 0.29) is 10.5 Å². The third-order valence-electron chi connectivity index (χ3n) is 2.78. The highest BCUT2D eigenvalue weighted by atomic mass is 32.2. The van der Waals surface area contributed by atoms with Crippen LogP contribution in [0.4, 0.5) is 0 Å². The molecule has 1 aromatic carbocycles. The number of ether oxygens (including phenoxy) is 1. The first kappa shape index (κ1) is 16.2. The number of hydrogen-bond donors (Lipinski definition) is 1. The van der Waals surface area contributed by atoms with Gasteiger partial charge in [0.2, 0.25) is 0 Å². The van der Waals surface area contributed by atoms with Crippen molar-refractivity contribution in [3.63, 3.8) is 0 Å². The summed E-state index contributed by atoms with van der Waals surface area (Å²) in [7, 11) is -2.17. The molecule has 7 heteroatoms. The zero-order chi connectivity index (χ0) is 15.5. The van der Waals surface area contributed by atoms with E-state index in [1.807, 2.05) is 0 Å². The van der Waals surface area contributed by atoms with E-state index in [9.17, 15) is 18.0 Å². The molecule has 1 N–H and O–H groups in total. The number of benzene rings is 1. The molecule has 0 aliphatic heterocycles. The lowest BCUT2D eigenvalue weighted by Crippen LogP contribution is -2.39. The number of esters is 1. The standard InChI is InChI=1S/C13H17NO5S/c1-8-5-6-10(20(4,17)18)7-11(8)12(15)14-9(2)13(16)19-3/h5-7,9H,1-4H3,(H,14,15). The second-order valence-corrected chi connectivity index (χ2v) is 6.48. The Morgan fingerprint density at radius 2 is 1.90 bits per heavy atom. The fourth-order valence-corrected chi connectivity index (χ4v) is 2.23. The average Bonchev–Trinajstić information content (AvgIpc) is 2.36. The van der Waals surface area contributed by atoms with Crippen molar-refractivity contribution in [2.24, 2.45) is 0 Å². The molecule has 110 valence electrons. The molecular formula is C13H17NO5S. The Morgan fingerprint density at radius 3 is 2.40 bits per heavy atom. The van der Waals surface area contributed by atoms with Crippen molar-refractivity contribution in [1.29, 1.82) is 0 Å². The monoisotopic (exact) mass is 299 g/mol. The van der Waals surface area contributed by atoms with Gasteiger partial charge in [-0.1, -0.05) is 6.07 Å². The highest BCUT2D eigenvalue weighted by Gasteiger charge is 2.19. The van der Waals surface area contributed by atoms with Gasteiger partial charge in [0.25, 0.3) is 5.91 Å². The maximum absolute atomic E-state index is 12.1. The Balaban J connectivity index is 3.07. The van der Waals surface area contributed by atoms with Crippen LogP contribution in [0.1, 0.15) is 22.8 Å². The van der Waals surface area contributed by atoms with Crippen LogP contribution in [-0.4, -0.2) is 39.7 Å².